The van der Waals surface area contributed by atoms with Crippen LogP contribution in [0.5, 0.6) is 0 Å². The summed E-state index contributed by atoms with van der Waals surface area (Å²) in [5.41, 5.74) is 0. The molecule has 0 aliphatic rings. The minimum absolute atomic E-state index is 0.106. The van der Waals surface area contributed by atoms with Gasteiger partial charge in [0.15, 0.2) is 12.2 Å². The Morgan fingerprint density at radius 2 is 0.489 bits per heavy atom. The predicted octanol–water partition coefficient (Wildman–Crippen LogP) is 22.1. The van der Waals surface area contributed by atoms with Gasteiger partial charge in [0.2, 0.25) is 0 Å². The number of carbonyl (C=O) groups excluding carboxylic acids is 4. The molecule has 0 spiro atoms. The Kier molecular flexibility index (Phi) is 66.8. The fourth-order valence-electron chi connectivity index (χ4n) is 11.5. The molecule has 0 saturated heterocycles. The molecule has 0 aliphatic heterocycles. The second-order valence-electron chi connectivity index (χ2n) is 27.5. The van der Waals surface area contributed by atoms with Crippen LogP contribution in [0.4, 0.5) is 0 Å². The van der Waals surface area contributed by atoms with Gasteiger partial charge < -0.3 is 33.8 Å². The highest BCUT2D eigenvalue weighted by Gasteiger charge is 2.30. The van der Waals surface area contributed by atoms with E-state index in [2.05, 4.69) is 34.6 Å². The fourth-order valence-corrected chi connectivity index (χ4v) is 13.1. The Morgan fingerprint density at radius 3 is 0.723 bits per heavy atom. The van der Waals surface area contributed by atoms with Crippen molar-refractivity contribution in [2.45, 2.75) is 412 Å². The first-order valence-corrected chi connectivity index (χ1v) is 42.1. The highest BCUT2D eigenvalue weighted by molar-refractivity contribution is 7.47. The predicted molar refractivity (Wildman–Crippen MR) is 382 cm³/mol. The van der Waals surface area contributed by atoms with E-state index < -0.39 is 97.5 Å². The van der Waals surface area contributed by atoms with Crippen LogP contribution in [0.3, 0.4) is 0 Å². The number of phosphoric acid groups is 2. The number of esters is 4. The van der Waals surface area contributed by atoms with Crippen LogP contribution in [0, 0.1) is 5.92 Å². The number of unbranched alkanes of at least 4 members (excludes halogenated alkanes) is 47. The van der Waals surface area contributed by atoms with Gasteiger partial charge in [0.05, 0.1) is 26.4 Å². The molecule has 0 bridgehead atoms. The van der Waals surface area contributed by atoms with Gasteiger partial charge in [0.25, 0.3) is 0 Å². The average molecular weight is 1380 g/mol. The normalized spacial score (nSPS) is 14.0. The van der Waals surface area contributed by atoms with Gasteiger partial charge in [-0.05, 0) is 31.6 Å². The zero-order chi connectivity index (χ0) is 69.1. The summed E-state index contributed by atoms with van der Waals surface area (Å²) >= 11 is 0. The van der Waals surface area contributed by atoms with Gasteiger partial charge in [-0.3, -0.25) is 37.3 Å². The smallest absolute Gasteiger partial charge is 0.462 e. The van der Waals surface area contributed by atoms with Gasteiger partial charge in [-0.25, -0.2) is 9.13 Å². The molecule has 3 N–H and O–H groups in total. The summed E-state index contributed by atoms with van der Waals surface area (Å²) in [6.45, 7) is 7.20. The Morgan fingerprint density at radius 1 is 0.287 bits per heavy atom. The van der Waals surface area contributed by atoms with E-state index in [0.29, 0.717) is 25.7 Å². The van der Waals surface area contributed by atoms with Crippen LogP contribution in [0.25, 0.3) is 0 Å². The molecule has 0 heterocycles. The molecule has 0 fully saturated rings. The molecular weight excluding hydrogens is 1230 g/mol. The minimum Gasteiger partial charge on any atom is -0.462 e. The van der Waals surface area contributed by atoms with Crippen LogP contribution < -0.4 is 0 Å². The standard InChI is InChI=1S/C75H146O17P2/c1-6-9-12-15-17-19-21-23-25-26-27-28-29-31-33-37-41-45-50-55-60-75(80)92-71(65-86-73(78)59-54-49-44-40-36-32-30-24-22-20-18-16-13-10-7-2)67-90-94(83,84)88-63-69(76)62-87-93(81,82)89-66-70(64-85-72(77)58-53-47-14-11-8-3)91-74(79)61-56-51-46-42-38-34-35-39-43-48-52-57-68(4)5/h68-71,76H,6-67H2,1-5H3,(H,81,82)(H,83,84)/t69-,70+,71+/m0/s1. The van der Waals surface area contributed by atoms with Crippen molar-refractivity contribution in [3.05, 3.63) is 0 Å². The number of rotatable bonds is 75. The van der Waals surface area contributed by atoms with Crippen molar-refractivity contribution in [3.8, 4) is 0 Å². The zero-order valence-corrected chi connectivity index (χ0v) is 62.9. The lowest BCUT2D eigenvalue weighted by Gasteiger charge is -2.21. The third kappa shape index (κ3) is 68.6. The van der Waals surface area contributed by atoms with E-state index in [1.54, 1.807) is 0 Å². The molecule has 0 aromatic rings. The zero-order valence-electron chi connectivity index (χ0n) is 61.1. The summed E-state index contributed by atoms with van der Waals surface area (Å²) in [5, 5.41) is 10.6. The summed E-state index contributed by atoms with van der Waals surface area (Å²) in [4.78, 5) is 72.5. The maximum atomic E-state index is 13.1. The average Bonchev–Trinajstić information content (AvgIpc) is 1.99. The molecule has 0 radical (unpaired) electrons. The van der Waals surface area contributed by atoms with E-state index in [4.69, 9.17) is 37.0 Å². The Bertz CT molecular complexity index is 1810. The maximum Gasteiger partial charge on any atom is 0.472 e. The van der Waals surface area contributed by atoms with Crippen molar-refractivity contribution in [1.82, 2.24) is 0 Å². The topological polar surface area (TPSA) is 237 Å². The highest BCUT2D eigenvalue weighted by atomic mass is 31.2. The monoisotopic (exact) mass is 1380 g/mol. The maximum absolute atomic E-state index is 13.1. The van der Waals surface area contributed by atoms with E-state index >= 15 is 0 Å². The fraction of sp³-hybridized carbons (Fsp3) is 0.947. The summed E-state index contributed by atoms with van der Waals surface area (Å²) in [6, 6.07) is 0. The lowest BCUT2D eigenvalue weighted by molar-refractivity contribution is -0.161. The quantitative estimate of drug-likeness (QED) is 0.0222. The number of aliphatic hydroxyl groups excluding tert-OH is 1. The summed E-state index contributed by atoms with van der Waals surface area (Å²) in [5.74, 6) is -1.36. The van der Waals surface area contributed by atoms with Crippen molar-refractivity contribution < 1.29 is 80.2 Å². The van der Waals surface area contributed by atoms with Gasteiger partial charge in [0, 0.05) is 25.7 Å². The SMILES string of the molecule is CCCCCCCCCCCCCCCCCCCCCCC(=O)O[C@H](COC(=O)CCCCCCCCCCCCCCCCC)COP(=O)(O)OC[C@@H](O)COP(=O)(O)OC[C@@H](COC(=O)CCCCCCC)OC(=O)CCCCCCCCCCCCCC(C)C. The van der Waals surface area contributed by atoms with Crippen LogP contribution in [-0.4, -0.2) is 96.7 Å². The van der Waals surface area contributed by atoms with Crippen molar-refractivity contribution in [3.63, 3.8) is 0 Å². The van der Waals surface area contributed by atoms with Gasteiger partial charge in [0.1, 0.15) is 19.3 Å². The number of aliphatic hydroxyl groups is 1. The second kappa shape index (κ2) is 68.2. The van der Waals surface area contributed by atoms with E-state index in [1.165, 1.54) is 212 Å². The lowest BCUT2D eigenvalue weighted by atomic mass is 10.0. The second-order valence-corrected chi connectivity index (χ2v) is 30.4. The number of phosphoric ester groups is 2. The van der Waals surface area contributed by atoms with Crippen LogP contribution in [0.2, 0.25) is 0 Å². The summed E-state index contributed by atoms with van der Waals surface area (Å²) in [7, 11) is -9.90. The highest BCUT2D eigenvalue weighted by Crippen LogP contribution is 2.45. The van der Waals surface area contributed by atoms with Crippen LogP contribution in [0.15, 0.2) is 0 Å². The molecule has 5 atom stereocenters. The van der Waals surface area contributed by atoms with Crippen LogP contribution in [-0.2, 0) is 65.4 Å². The molecule has 0 aromatic heterocycles. The summed E-state index contributed by atoms with van der Waals surface area (Å²) < 4.78 is 68.3. The van der Waals surface area contributed by atoms with E-state index in [1.807, 2.05) is 0 Å². The first kappa shape index (κ1) is 92.1. The largest absolute Gasteiger partial charge is 0.472 e. The van der Waals surface area contributed by atoms with E-state index in [9.17, 15) is 43.2 Å². The van der Waals surface area contributed by atoms with Crippen LogP contribution in [0.1, 0.15) is 394 Å². The first-order chi connectivity index (χ1) is 45.5. The molecule has 0 aromatic carbocycles. The third-order valence-electron chi connectivity index (χ3n) is 17.5. The van der Waals surface area contributed by atoms with Gasteiger partial charge in [-0.2, -0.15) is 0 Å². The number of carbonyl (C=O) groups is 4. The van der Waals surface area contributed by atoms with Gasteiger partial charge in [-0.1, -0.05) is 343 Å². The Labute approximate surface area is 575 Å². The van der Waals surface area contributed by atoms with Crippen molar-refractivity contribution >= 4 is 39.5 Å². The number of hydrogen-bond acceptors (Lipinski definition) is 15. The molecule has 19 heteroatoms. The van der Waals surface area contributed by atoms with E-state index in [0.717, 1.165) is 102 Å². The van der Waals surface area contributed by atoms with Crippen molar-refractivity contribution in [2.75, 3.05) is 39.6 Å². The molecular formula is C75H146O17P2. The van der Waals surface area contributed by atoms with Crippen molar-refractivity contribution in [2.24, 2.45) is 5.92 Å². The van der Waals surface area contributed by atoms with Crippen molar-refractivity contribution in [1.29, 1.82) is 0 Å². The number of hydrogen-bond donors (Lipinski definition) is 3. The van der Waals surface area contributed by atoms with Gasteiger partial charge in [-0.15, -0.1) is 0 Å². The molecule has 0 rings (SSSR count). The Balaban J connectivity index is 5.13. The minimum atomic E-state index is -4.95. The molecule has 17 nitrogen and oxygen atoms in total. The number of ether oxygens (including phenoxy) is 4. The molecule has 0 aliphatic carbocycles. The first-order valence-electron chi connectivity index (χ1n) is 39.1. The van der Waals surface area contributed by atoms with E-state index in [-0.39, 0.29) is 25.7 Å². The van der Waals surface area contributed by atoms with Gasteiger partial charge >= 0.3 is 39.5 Å². The molecule has 94 heavy (non-hydrogen) atoms. The third-order valence-corrected chi connectivity index (χ3v) is 19.4. The van der Waals surface area contributed by atoms with Crippen LogP contribution >= 0.6 is 15.6 Å². The Hall–Kier alpha value is -1.94. The molecule has 2 unspecified atom stereocenters. The lowest BCUT2D eigenvalue weighted by Crippen LogP contribution is -2.30. The molecule has 0 saturated carbocycles. The molecule has 558 valence electrons. The summed E-state index contributed by atoms with van der Waals surface area (Å²) in [6.07, 6.45) is 57.3. The molecule has 0 amide bonds.